The quantitative estimate of drug-likeness (QED) is 0.815. The third-order valence-corrected chi connectivity index (χ3v) is 5.95. The Morgan fingerprint density at radius 1 is 1.20 bits per heavy atom. The van der Waals surface area contributed by atoms with E-state index in [1.165, 1.54) is 11.3 Å². The summed E-state index contributed by atoms with van der Waals surface area (Å²) in [5, 5.41) is 3.38. The average Bonchev–Trinajstić information content (AvgIpc) is 3.20. The Balaban J connectivity index is 1.72. The Kier molecular flexibility index (Phi) is 5.13. The van der Waals surface area contributed by atoms with Gasteiger partial charge in [0.15, 0.2) is 6.10 Å². The summed E-state index contributed by atoms with van der Waals surface area (Å²) < 4.78 is 5.43. The van der Waals surface area contributed by atoms with Crippen molar-refractivity contribution < 1.29 is 19.1 Å². The van der Waals surface area contributed by atoms with Crippen LogP contribution in [0.5, 0.6) is 0 Å². The van der Waals surface area contributed by atoms with Gasteiger partial charge in [0, 0.05) is 23.9 Å². The predicted octanol–water partition coefficient (Wildman–Crippen LogP) is 2.88. The number of ether oxygens (including phenoxy) is 1. The maximum absolute atomic E-state index is 12.7. The lowest BCUT2D eigenvalue weighted by Gasteiger charge is -2.20. The molecule has 1 atom stereocenters. The lowest BCUT2D eigenvalue weighted by Crippen LogP contribution is -2.38. The number of anilines is 1. The first kappa shape index (κ1) is 17.9. The highest BCUT2D eigenvalue weighted by Crippen LogP contribution is 2.36. The van der Waals surface area contributed by atoms with E-state index in [0.717, 1.165) is 49.2 Å². The molecule has 2 amide bonds. The number of nitrogens with zero attached hydrogens (tertiary/aromatic N) is 1. The van der Waals surface area contributed by atoms with Crippen molar-refractivity contribution in [2.24, 2.45) is 5.92 Å². The van der Waals surface area contributed by atoms with Crippen molar-refractivity contribution in [2.75, 3.05) is 18.4 Å². The molecular weight excluding hydrogens is 340 g/mol. The molecule has 2 aliphatic rings. The number of carbonyl (C=O) groups is 3. The minimum absolute atomic E-state index is 0.0449. The van der Waals surface area contributed by atoms with Crippen LogP contribution in [0.4, 0.5) is 5.00 Å². The molecule has 2 fully saturated rings. The number of aryl methyl sites for hydroxylation is 1. The van der Waals surface area contributed by atoms with Gasteiger partial charge in [0.05, 0.1) is 5.56 Å². The molecule has 3 rings (SSSR count). The molecule has 1 aromatic heterocycles. The van der Waals surface area contributed by atoms with Crippen LogP contribution in [0, 0.1) is 19.8 Å². The number of nitrogens with one attached hydrogen (secondary N) is 1. The lowest BCUT2D eigenvalue weighted by atomic mass is 10.1. The van der Waals surface area contributed by atoms with Crippen LogP contribution < -0.4 is 5.32 Å². The van der Waals surface area contributed by atoms with E-state index in [9.17, 15) is 14.4 Å². The van der Waals surface area contributed by atoms with E-state index in [2.05, 4.69) is 5.32 Å². The van der Waals surface area contributed by atoms with Gasteiger partial charge in [0.1, 0.15) is 5.00 Å². The minimum Gasteiger partial charge on any atom is -0.449 e. The number of hydrogen-bond acceptors (Lipinski definition) is 5. The summed E-state index contributed by atoms with van der Waals surface area (Å²) in [5.74, 6) is -0.689. The van der Waals surface area contributed by atoms with Gasteiger partial charge in [-0.15, -0.1) is 11.3 Å². The summed E-state index contributed by atoms with van der Waals surface area (Å²) in [4.78, 5) is 39.8. The lowest BCUT2D eigenvalue weighted by molar-refractivity contribution is -0.138. The van der Waals surface area contributed by atoms with Crippen molar-refractivity contribution in [1.82, 2.24) is 4.90 Å². The number of hydrogen-bond donors (Lipinski definition) is 1. The third-order valence-electron chi connectivity index (χ3n) is 4.82. The second kappa shape index (κ2) is 7.15. The molecule has 0 spiro atoms. The van der Waals surface area contributed by atoms with E-state index >= 15 is 0 Å². The highest BCUT2D eigenvalue weighted by molar-refractivity contribution is 7.16. The zero-order valence-corrected chi connectivity index (χ0v) is 15.7. The van der Waals surface area contributed by atoms with Crippen LogP contribution in [0.15, 0.2) is 0 Å². The van der Waals surface area contributed by atoms with Crippen LogP contribution in [0.3, 0.4) is 0 Å². The summed E-state index contributed by atoms with van der Waals surface area (Å²) in [7, 11) is 0. The predicted molar refractivity (Wildman–Crippen MR) is 95.8 cm³/mol. The standard InChI is InChI=1S/C18H24N2O4S/c1-10-12(3)25-16(19-15(21)13-6-7-13)14(10)18(23)24-11(2)17(22)20-8-4-5-9-20/h11,13H,4-9H2,1-3H3,(H,19,21). The van der Waals surface area contributed by atoms with Crippen molar-refractivity contribution in [1.29, 1.82) is 0 Å². The van der Waals surface area contributed by atoms with Crippen molar-refractivity contribution in [2.45, 2.75) is 52.6 Å². The second-order valence-electron chi connectivity index (χ2n) is 6.83. The van der Waals surface area contributed by atoms with Gasteiger partial charge < -0.3 is 15.0 Å². The Morgan fingerprint density at radius 2 is 1.84 bits per heavy atom. The van der Waals surface area contributed by atoms with Gasteiger partial charge in [-0.2, -0.15) is 0 Å². The van der Waals surface area contributed by atoms with Crippen molar-refractivity contribution in [3.8, 4) is 0 Å². The normalized spacial score (nSPS) is 18.1. The Labute approximate surface area is 151 Å². The molecule has 0 aromatic carbocycles. The smallest absolute Gasteiger partial charge is 0.342 e. The molecule has 2 heterocycles. The second-order valence-corrected chi connectivity index (χ2v) is 8.06. The monoisotopic (exact) mass is 364 g/mol. The fourth-order valence-corrected chi connectivity index (χ4v) is 4.04. The number of thiophene rings is 1. The minimum atomic E-state index is -0.822. The molecule has 1 N–H and O–H groups in total. The molecule has 1 aliphatic carbocycles. The highest BCUT2D eigenvalue weighted by Gasteiger charge is 2.33. The average molecular weight is 364 g/mol. The summed E-state index contributed by atoms with van der Waals surface area (Å²) in [6.45, 7) is 6.79. The Bertz CT molecular complexity index is 702. The molecule has 1 aromatic rings. The van der Waals surface area contributed by atoms with E-state index in [-0.39, 0.29) is 17.7 Å². The summed E-state index contributed by atoms with van der Waals surface area (Å²) >= 11 is 1.38. The number of likely N-dealkylation sites (tertiary alicyclic amines) is 1. The van der Waals surface area contributed by atoms with Crippen LogP contribution in [0.25, 0.3) is 0 Å². The van der Waals surface area contributed by atoms with Crippen molar-refractivity contribution >= 4 is 34.1 Å². The van der Waals surface area contributed by atoms with E-state index in [1.54, 1.807) is 11.8 Å². The molecule has 1 unspecified atom stereocenters. The number of rotatable bonds is 5. The van der Waals surface area contributed by atoms with E-state index in [1.807, 2.05) is 13.8 Å². The van der Waals surface area contributed by atoms with E-state index < -0.39 is 12.1 Å². The summed E-state index contributed by atoms with van der Waals surface area (Å²) in [5.41, 5.74) is 1.17. The fraction of sp³-hybridized carbons (Fsp3) is 0.611. The van der Waals surface area contributed by atoms with Crippen molar-refractivity contribution in [3.05, 3.63) is 16.0 Å². The molecule has 0 radical (unpaired) electrons. The SMILES string of the molecule is Cc1sc(NC(=O)C2CC2)c(C(=O)OC(C)C(=O)N2CCCC2)c1C. The molecule has 0 bridgehead atoms. The maximum atomic E-state index is 12.7. The zero-order valence-electron chi connectivity index (χ0n) is 14.9. The molecule has 25 heavy (non-hydrogen) atoms. The van der Waals surface area contributed by atoms with Crippen LogP contribution in [-0.2, 0) is 14.3 Å². The van der Waals surface area contributed by atoms with Crippen molar-refractivity contribution in [3.63, 3.8) is 0 Å². The molecule has 1 saturated heterocycles. The molecular formula is C18H24N2O4S. The first-order valence-corrected chi connectivity index (χ1v) is 9.60. The van der Waals surface area contributed by atoms with Gasteiger partial charge in [-0.1, -0.05) is 0 Å². The summed E-state index contributed by atoms with van der Waals surface area (Å²) in [6.07, 6.45) is 2.96. The number of amides is 2. The molecule has 1 aliphatic heterocycles. The van der Waals surface area contributed by atoms with Gasteiger partial charge in [0.2, 0.25) is 5.91 Å². The zero-order chi connectivity index (χ0) is 18.1. The first-order valence-electron chi connectivity index (χ1n) is 8.79. The third kappa shape index (κ3) is 3.86. The fourth-order valence-electron chi connectivity index (χ4n) is 2.98. The Morgan fingerprint density at radius 3 is 2.44 bits per heavy atom. The van der Waals surface area contributed by atoms with E-state index in [0.29, 0.717) is 10.6 Å². The van der Waals surface area contributed by atoms with Gasteiger partial charge in [-0.3, -0.25) is 9.59 Å². The molecule has 6 nitrogen and oxygen atoms in total. The first-order chi connectivity index (χ1) is 11.9. The van der Waals surface area contributed by atoms with Crippen LogP contribution in [0.2, 0.25) is 0 Å². The van der Waals surface area contributed by atoms with Gasteiger partial charge in [0.25, 0.3) is 5.91 Å². The number of carbonyl (C=O) groups excluding carboxylic acids is 3. The maximum Gasteiger partial charge on any atom is 0.342 e. The van der Waals surface area contributed by atoms with Gasteiger partial charge >= 0.3 is 5.97 Å². The molecule has 136 valence electrons. The summed E-state index contributed by atoms with van der Waals surface area (Å²) in [6, 6.07) is 0. The largest absolute Gasteiger partial charge is 0.449 e. The van der Waals surface area contributed by atoms with Crippen LogP contribution in [-0.4, -0.2) is 41.9 Å². The van der Waals surface area contributed by atoms with Gasteiger partial charge in [-0.05, 0) is 52.0 Å². The highest BCUT2D eigenvalue weighted by atomic mass is 32.1. The topological polar surface area (TPSA) is 75.7 Å². The molecule has 1 saturated carbocycles. The Hall–Kier alpha value is -1.89. The number of esters is 1. The van der Waals surface area contributed by atoms with Crippen LogP contribution in [0.1, 0.15) is 53.4 Å². The van der Waals surface area contributed by atoms with Gasteiger partial charge in [-0.25, -0.2) is 4.79 Å². The molecule has 7 heteroatoms. The van der Waals surface area contributed by atoms with E-state index in [4.69, 9.17) is 4.74 Å². The van der Waals surface area contributed by atoms with Crippen LogP contribution >= 0.6 is 11.3 Å².